The number of hydrogen-bond donors (Lipinski definition) is 1. The number of carbonyl (C=O) groups is 2. The summed E-state index contributed by atoms with van der Waals surface area (Å²) in [5.41, 5.74) is 1.65. The van der Waals surface area contributed by atoms with Gasteiger partial charge in [-0.2, -0.15) is 0 Å². The third kappa shape index (κ3) is 4.52. The highest BCUT2D eigenvalue weighted by molar-refractivity contribution is 5.92. The van der Waals surface area contributed by atoms with E-state index in [9.17, 15) is 9.59 Å². The lowest BCUT2D eigenvalue weighted by molar-refractivity contribution is -0.126. The molecule has 0 radical (unpaired) electrons. The Labute approximate surface area is 165 Å². The van der Waals surface area contributed by atoms with Crippen molar-refractivity contribution in [3.05, 3.63) is 47.2 Å². The molecule has 0 saturated carbocycles. The average molecular weight is 385 g/mol. The number of aryl methyl sites for hydroxylation is 2. The van der Waals surface area contributed by atoms with E-state index in [4.69, 9.17) is 9.15 Å². The van der Waals surface area contributed by atoms with Gasteiger partial charge in [-0.05, 0) is 37.5 Å². The van der Waals surface area contributed by atoms with Crippen LogP contribution in [0.4, 0.5) is 0 Å². The SMILES string of the molecule is CCc1nc(C)c(C(=O)N2CCC(C(=O)NCc3ccc(OC)cc3)CC2)o1. The summed E-state index contributed by atoms with van der Waals surface area (Å²) in [4.78, 5) is 31.2. The van der Waals surface area contributed by atoms with Crippen LogP contribution in [0.1, 0.15) is 47.5 Å². The molecule has 1 fully saturated rings. The van der Waals surface area contributed by atoms with E-state index in [0.717, 1.165) is 11.3 Å². The lowest BCUT2D eigenvalue weighted by atomic mass is 9.95. The van der Waals surface area contributed by atoms with Gasteiger partial charge in [0.1, 0.15) is 5.75 Å². The van der Waals surface area contributed by atoms with E-state index in [1.807, 2.05) is 31.2 Å². The Morgan fingerprint density at radius 1 is 1.25 bits per heavy atom. The molecule has 0 atom stereocenters. The summed E-state index contributed by atoms with van der Waals surface area (Å²) in [5.74, 6) is 1.51. The first-order valence-corrected chi connectivity index (χ1v) is 9.68. The summed E-state index contributed by atoms with van der Waals surface area (Å²) < 4.78 is 10.7. The minimum atomic E-state index is -0.137. The molecular weight excluding hydrogens is 358 g/mol. The maximum Gasteiger partial charge on any atom is 0.291 e. The number of hydrogen-bond acceptors (Lipinski definition) is 5. The van der Waals surface area contributed by atoms with Crippen LogP contribution in [0.15, 0.2) is 28.7 Å². The van der Waals surface area contributed by atoms with Crippen LogP contribution >= 0.6 is 0 Å². The molecule has 7 nitrogen and oxygen atoms in total. The van der Waals surface area contributed by atoms with Crippen molar-refractivity contribution in [2.45, 2.75) is 39.7 Å². The van der Waals surface area contributed by atoms with Crippen LogP contribution in [-0.2, 0) is 17.8 Å². The summed E-state index contributed by atoms with van der Waals surface area (Å²) >= 11 is 0. The maximum atomic E-state index is 12.7. The van der Waals surface area contributed by atoms with Crippen molar-refractivity contribution < 1.29 is 18.7 Å². The second-order valence-electron chi connectivity index (χ2n) is 7.01. The fourth-order valence-corrected chi connectivity index (χ4v) is 3.37. The van der Waals surface area contributed by atoms with Gasteiger partial charge in [-0.3, -0.25) is 9.59 Å². The molecule has 150 valence electrons. The summed E-state index contributed by atoms with van der Waals surface area (Å²) in [6, 6.07) is 7.62. The minimum Gasteiger partial charge on any atom is -0.497 e. The second-order valence-corrected chi connectivity index (χ2v) is 7.01. The van der Waals surface area contributed by atoms with Crippen molar-refractivity contribution in [3.63, 3.8) is 0 Å². The summed E-state index contributed by atoms with van der Waals surface area (Å²) in [7, 11) is 1.63. The average Bonchev–Trinajstić information content (AvgIpc) is 3.12. The van der Waals surface area contributed by atoms with E-state index >= 15 is 0 Å². The van der Waals surface area contributed by atoms with Crippen molar-refractivity contribution in [1.82, 2.24) is 15.2 Å². The Kier molecular flexibility index (Phi) is 6.34. The van der Waals surface area contributed by atoms with E-state index in [2.05, 4.69) is 10.3 Å². The largest absolute Gasteiger partial charge is 0.497 e. The highest BCUT2D eigenvalue weighted by Gasteiger charge is 2.30. The van der Waals surface area contributed by atoms with Crippen LogP contribution < -0.4 is 10.1 Å². The molecular formula is C21H27N3O4. The molecule has 0 aliphatic carbocycles. The van der Waals surface area contributed by atoms with Gasteiger partial charge in [0.15, 0.2) is 5.89 Å². The first-order valence-electron chi connectivity index (χ1n) is 9.68. The first-order chi connectivity index (χ1) is 13.5. The monoisotopic (exact) mass is 385 g/mol. The normalized spacial score (nSPS) is 14.8. The molecule has 2 heterocycles. The Morgan fingerprint density at radius 3 is 2.50 bits per heavy atom. The van der Waals surface area contributed by atoms with Crippen molar-refractivity contribution in [1.29, 1.82) is 0 Å². The lowest BCUT2D eigenvalue weighted by Crippen LogP contribution is -2.43. The van der Waals surface area contributed by atoms with Gasteiger partial charge in [-0.15, -0.1) is 0 Å². The minimum absolute atomic E-state index is 0.0343. The number of carbonyl (C=O) groups excluding carboxylic acids is 2. The summed E-state index contributed by atoms with van der Waals surface area (Å²) in [5, 5.41) is 2.99. The Hall–Kier alpha value is -2.83. The van der Waals surface area contributed by atoms with Gasteiger partial charge < -0.3 is 19.4 Å². The number of rotatable bonds is 6. The van der Waals surface area contributed by atoms with Gasteiger partial charge in [0.2, 0.25) is 11.7 Å². The number of nitrogens with zero attached hydrogens (tertiary/aromatic N) is 2. The number of ether oxygens (including phenoxy) is 1. The van der Waals surface area contributed by atoms with Crippen LogP contribution in [0, 0.1) is 12.8 Å². The zero-order chi connectivity index (χ0) is 20.1. The van der Waals surface area contributed by atoms with E-state index in [1.54, 1.807) is 18.9 Å². The molecule has 1 saturated heterocycles. The van der Waals surface area contributed by atoms with Crippen molar-refractivity contribution >= 4 is 11.8 Å². The smallest absolute Gasteiger partial charge is 0.291 e. The third-order valence-electron chi connectivity index (χ3n) is 5.12. The van der Waals surface area contributed by atoms with Gasteiger partial charge in [0.05, 0.1) is 12.8 Å². The number of likely N-dealkylation sites (tertiary alicyclic amines) is 1. The van der Waals surface area contributed by atoms with E-state index in [0.29, 0.717) is 56.2 Å². The Bertz CT molecular complexity index is 821. The number of nitrogens with one attached hydrogen (secondary N) is 1. The fraction of sp³-hybridized carbons (Fsp3) is 0.476. The Morgan fingerprint density at radius 2 is 1.93 bits per heavy atom. The van der Waals surface area contributed by atoms with Gasteiger partial charge in [-0.1, -0.05) is 19.1 Å². The molecule has 1 N–H and O–H groups in total. The molecule has 1 aliphatic rings. The second kappa shape index (κ2) is 8.91. The maximum absolute atomic E-state index is 12.7. The van der Waals surface area contributed by atoms with Gasteiger partial charge in [0.25, 0.3) is 5.91 Å². The van der Waals surface area contributed by atoms with Crippen molar-refractivity contribution in [3.8, 4) is 5.75 Å². The number of amides is 2. The van der Waals surface area contributed by atoms with E-state index in [-0.39, 0.29) is 17.7 Å². The topological polar surface area (TPSA) is 84.7 Å². The molecule has 0 bridgehead atoms. The molecule has 0 unspecified atom stereocenters. The lowest BCUT2D eigenvalue weighted by Gasteiger charge is -2.30. The zero-order valence-electron chi connectivity index (χ0n) is 16.7. The summed E-state index contributed by atoms with van der Waals surface area (Å²) in [6.45, 7) is 5.30. The molecule has 0 spiro atoms. The van der Waals surface area contributed by atoms with Crippen LogP contribution in [0.25, 0.3) is 0 Å². The van der Waals surface area contributed by atoms with Crippen molar-refractivity contribution in [2.24, 2.45) is 5.92 Å². The number of piperidine rings is 1. The summed E-state index contributed by atoms with van der Waals surface area (Å²) in [6.07, 6.45) is 1.95. The van der Waals surface area contributed by atoms with Gasteiger partial charge in [-0.25, -0.2) is 4.98 Å². The molecule has 1 aromatic carbocycles. The van der Waals surface area contributed by atoms with Gasteiger partial charge in [0, 0.05) is 32.0 Å². The zero-order valence-corrected chi connectivity index (χ0v) is 16.7. The van der Waals surface area contributed by atoms with Crippen molar-refractivity contribution in [2.75, 3.05) is 20.2 Å². The number of oxazole rings is 1. The van der Waals surface area contributed by atoms with Crippen LogP contribution in [0.2, 0.25) is 0 Å². The molecule has 1 aliphatic heterocycles. The van der Waals surface area contributed by atoms with E-state index in [1.165, 1.54) is 0 Å². The van der Waals surface area contributed by atoms with Gasteiger partial charge >= 0.3 is 0 Å². The number of methoxy groups -OCH3 is 1. The molecule has 28 heavy (non-hydrogen) atoms. The van der Waals surface area contributed by atoms with Crippen LogP contribution in [0.5, 0.6) is 5.75 Å². The molecule has 2 amide bonds. The highest BCUT2D eigenvalue weighted by atomic mass is 16.5. The van der Waals surface area contributed by atoms with E-state index < -0.39 is 0 Å². The standard InChI is InChI=1S/C21H27N3O4/c1-4-18-23-14(2)19(28-18)21(26)24-11-9-16(10-12-24)20(25)22-13-15-5-7-17(27-3)8-6-15/h5-8,16H,4,9-13H2,1-3H3,(H,22,25). The Balaban J connectivity index is 1.49. The fourth-order valence-electron chi connectivity index (χ4n) is 3.37. The predicted molar refractivity (Wildman–Crippen MR) is 104 cm³/mol. The molecule has 7 heteroatoms. The highest BCUT2D eigenvalue weighted by Crippen LogP contribution is 2.21. The number of benzene rings is 1. The third-order valence-corrected chi connectivity index (χ3v) is 5.12. The first kappa shape index (κ1) is 19.9. The van der Waals surface area contributed by atoms with Crippen LogP contribution in [-0.4, -0.2) is 41.9 Å². The molecule has 3 rings (SSSR count). The molecule has 2 aromatic rings. The number of aromatic nitrogens is 1. The van der Waals surface area contributed by atoms with Crippen LogP contribution in [0.3, 0.4) is 0 Å². The predicted octanol–water partition coefficient (Wildman–Crippen LogP) is 2.72. The molecule has 1 aromatic heterocycles. The quantitative estimate of drug-likeness (QED) is 0.826.